The van der Waals surface area contributed by atoms with E-state index in [4.69, 9.17) is 0 Å². The molecular weight excluding hydrogens is 128 g/mol. The third-order valence-corrected chi connectivity index (χ3v) is 1.86. The van der Waals surface area contributed by atoms with Crippen molar-refractivity contribution >= 4 is 12.1 Å². The van der Waals surface area contributed by atoms with E-state index in [1.54, 1.807) is 13.8 Å². The molecule has 10 heavy (non-hydrogen) atoms. The monoisotopic (exact) mass is 142 g/mol. The van der Waals surface area contributed by atoms with Crippen LogP contribution in [-0.2, 0) is 9.59 Å². The lowest BCUT2D eigenvalue weighted by Crippen LogP contribution is -2.18. The zero-order valence-electron chi connectivity index (χ0n) is 6.76. The Morgan fingerprint density at radius 1 is 1.50 bits per heavy atom. The SMILES string of the molecule is CCC(=O)C(C)C(C)C=O. The molecule has 0 aliphatic carbocycles. The van der Waals surface area contributed by atoms with Gasteiger partial charge in [0.25, 0.3) is 0 Å². The molecule has 0 aromatic rings. The summed E-state index contributed by atoms with van der Waals surface area (Å²) < 4.78 is 0. The van der Waals surface area contributed by atoms with Gasteiger partial charge in [-0.1, -0.05) is 20.8 Å². The summed E-state index contributed by atoms with van der Waals surface area (Å²) in [7, 11) is 0. The van der Waals surface area contributed by atoms with E-state index in [1.165, 1.54) is 0 Å². The summed E-state index contributed by atoms with van der Waals surface area (Å²) in [6, 6.07) is 0. The molecule has 0 saturated carbocycles. The fourth-order valence-electron chi connectivity index (χ4n) is 0.733. The summed E-state index contributed by atoms with van der Waals surface area (Å²) in [6.45, 7) is 5.38. The lowest BCUT2D eigenvalue weighted by Gasteiger charge is -2.10. The summed E-state index contributed by atoms with van der Waals surface area (Å²) in [6.07, 6.45) is 1.36. The molecule has 0 saturated heterocycles. The highest BCUT2D eigenvalue weighted by atomic mass is 16.1. The first kappa shape index (κ1) is 9.34. The first-order valence-corrected chi connectivity index (χ1v) is 3.61. The molecular formula is C8H14O2. The molecule has 0 N–H and O–H groups in total. The molecule has 58 valence electrons. The van der Waals surface area contributed by atoms with Crippen LogP contribution < -0.4 is 0 Å². The molecule has 0 aliphatic heterocycles. The molecule has 0 spiro atoms. The Morgan fingerprint density at radius 2 is 2.00 bits per heavy atom. The maximum Gasteiger partial charge on any atom is 0.136 e. The van der Waals surface area contributed by atoms with Crippen molar-refractivity contribution < 1.29 is 9.59 Å². The largest absolute Gasteiger partial charge is 0.303 e. The van der Waals surface area contributed by atoms with Crippen LogP contribution >= 0.6 is 0 Å². The van der Waals surface area contributed by atoms with Gasteiger partial charge in [0.2, 0.25) is 0 Å². The van der Waals surface area contributed by atoms with Crippen LogP contribution in [0.4, 0.5) is 0 Å². The van der Waals surface area contributed by atoms with E-state index in [2.05, 4.69) is 0 Å². The summed E-state index contributed by atoms with van der Waals surface area (Å²) in [5.41, 5.74) is 0. The molecule has 2 nitrogen and oxygen atoms in total. The van der Waals surface area contributed by atoms with Crippen molar-refractivity contribution in [3.05, 3.63) is 0 Å². The Morgan fingerprint density at radius 3 is 2.30 bits per heavy atom. The third kappa shape index (κ3) is 2.29. The van der Waals surface area contributed by atoms with E-state index >= 15 is 0 Å². The van der Waals surface area contributed by atoms with Gasteiger partial charge in [-0.15, -0.1) is 0 Å². The first-order chi connectivity index (χ1) is 4.63. The summed E-state index contributed by atoms with van der Waals surface area (Å²) in [5, 5.41) is 0. The van der Waals surface area contributed by atoms with Crippen LogP contribution in [0.5, 0.6) is 0 Å². The number of hydrogen-bond acceptors (Lipinski definition) is 2. The van der Waals surface area contributed by atoms with E-state index < -0.39 is 0 Å². The van der Waals surface area contributed by atoms with Crippen molar-refractivity contribution in [2.24, 2.45) is 11.8 Å². The Hall–Kier alpha value is -0.660. The smallest absolute Gasteiger partial charge is 0.136 e. The van der Waals surface area contributed by atoms with Crippen LogP contribution in [0.1, 0.15) is 27.2 Å². The lowest BCUT2D eigenvalue weighted by atomic mass is 9.92. The second kappa shape index (κ2) is 4.20. The molecule has 2 unspecified atom stereocenters. The van der Waals surface area contributed by atoms with Crippen LogP contribution in [0, 0.1) is 11.8 Å². The Bertz CT molecular complexity index is 129. The summed E-state index contributed by atoms with van der Waals surface area (Å²) in [4.78, 5) is 21.2. The fourth-order valence-corrected chi connectivity index (χ4v) is 0.733. The van der Waals surface area contributed by atoms with E-state index in [-0.39, 0.29) is 17.6 Å². The minimum Gasteiger partial charge on any atom is -0.303 e. The Balaban J connectivity index is 3.93. The highest BCUT2D eigenvalue weighted by Gasteiger charge is 2.16. The third-order valence-electron chi connectivity index (χ3n) is 1.86. The number of carbonyl (C=O) groups excluding carboxylic acids is 2. The number of hydrogen-bond donors (Lipinski definition) is 0. The van der Waals surface area contributed by atoms with Gasteiger partial charge in [0.15, 0.2) is 0 Å². The van der Waals surface area contributed by atoms with Crippen molar-refractivity contribution in [1.82, 2.24) is 0 Å². The van der Waals surface area contributed by atoms with Gasteiger partial charge in [-0.3, -0.25) is 4.79 Å². The predicted octanol–water partition coefficient (Wildman–Crippen LogP) is 1.44. The Kier molecular flexibility index (Phi) is 3.93. The quantitative estimate of drug-likeness (QED) is 0.556. The van der Waals surface area contributed by atoms with Crippen LogP contribution in [-0.4, -0.2) is 12.1 Å². The van der Waals surface area contributed by atoms with Gasteiger partial charge in [0.05, 0.1) is 0 Å². The van der Waals surface area contributed by atoms with Crippen LogP contribution in [0.25, 0.3) is 0 Å². The topological polar surface area (TPSA) is 34.1 Å². The van der Waals surface area contributed by atoms with E-state index in [0.717, 1.165) is 6.29 Å². The standard InChI is InChI=1S/C8H14O2/c1-4-8(10)7(3)6(2)5-9/h5-7H,4H2,1-3H3. The van der Waals surface area contributed by atoms with Gasteiger partial charge < -0.3 is 4.79 Å². The molecule has 0 rings (SSSR count). The highest BCUT2D eigenvalue weighted by molar-refractivity contribution is 5.83. The zero-order chi connectivity index (χ0) is 8.15. The first-order valence-electron chi connectivity index (χ1n) is 3.61. The summed E-state index contributed by atoms with van der Waals surface area (Å²) >= 11 is 0. The molecule has 0 amide bonds. The van der Waals surface area contributed by atoms with Crippen molar-refractivity contribution in [3.8, 4) is 0 Å². The minimum atomic E-state index is -0.132. The predicted molar refractivity (Wildman–Crippen MR) is 39.7 cm³/mol. The van der Waals surface area contributed by atoms with Gasteiger partial charge in [-0.25, -0.2) is 0 Å². The van der Waals surface area contributed by atoms with Gasteiger partial charge in [0, 0.05) is 18.3 Å². The second-order valence-electron chi connectivity index (χ2n) is 2.60. The van der Waals surface area contributed by atoms with E-state index in [0.29, 0.717) is 6.42 Å². The molecule has 2 atom stereocenters. The fraction of sp³-hybridized carbons (Fsp3) is 0.750. The molecule has 0 aromatic carbocycles. The molecule has 0 bridgehead atoms. The summed E-state index contributed by atoms with van der Waals surface area (Å²) in [5.74, 6) is -0.0745. The van der Waals surface area contributed by atoms with E-state index in [1.807, 2.05) is 6.92 Å². The Labute approximate surface area is 61.6 Å². The molecule has 0 aromatic heterocycles. The number of aldehydes is 1. The molecule has 0 heterocycles. The zero-order valence-corrected chi connectivity index (χ0v) is 6.76. The highest BCUT2D eigenvalue weighted by Crippen LogP contribution is 2.10. The molecule has 0 aliphatic rings. The molecule has 0 fully saturated rings. The molecule has 0 radical (unpaired) electrons. The van der Waals surface area contributed by atoms with Gasteiger partial charge >= 0.3 is 0 Å². The average molecular weight is 142 g/mol. The van der Waals surface area contributed by atoms with Crippen molar-refractivity contribution in [1.29, 1.82) is 0 Å². The van der Waals surface area contributed by atoms with Crippen LogP contribution in [0.15, 0.2) is 0 Å². The lowest BCUT2D eigenvalue weighted by molar-refractivity contribution is -0.126. The van der Waals surface area contributed by atoms with Crippen LogP contribution in [0.2, 0.25) is 0 Å². The second-order valence-corrected chi connectivity index (χ2v) is 2.60. The van der Waals surface area contributed by atoms with E-state index in [9.17, 15) is 9.59 Å². The van der Waals surface area contributed by atoms with Crippen molar-refractivity contribution in [2.75, 3.05) is 0 Å². The molecule has 2 heteroatoms. The van der Waals surface area contributed by atoms with Crippen LogP contribution in [0.3, 0.4) is 0 Å². The number of Topliss-reactive ketones (excluding diaryl/α,β-unsaturated/α-hetero) is 1. The number of rotatable bonds is 4. The maximum atomic E-state index is 11.0. The van der Waals surface area contributed by atoms with Crippen molar-refractivity contribution in [2.45, 2.75) is 27.2 Å². The van der Waals surface area contributed by atoms with Crippen molar-refractivity contribution in [3.63, 3.8) is 0 Å². The number of carbonyl (C=O) groups is 2. The average Bonchev–Trinajstić information content (AvgIpc) is 2.00. The maximum absolute atomic E-state index is 11.0. The minimum absolute atomic E-state index is 0.109. The van der Waals surface area contributed by atoms with Gasteiger partial charge in [-0.2, -0.15) is 0 Å². The number of ketones is 1. The van der Waals surface area contributed by atoms with Gasteiger partial charge in [-0.05, 0) is 0 Å². The van der Waals surface area contributed by atoms with Gasteiger partial charge in [0.1, 0.15) is 12.1 Å². The normalized spacial score (nSPS) is 15.9.